The van der Waals surface area contributed by atoms with Crippen molar-refractivity contribution in [3.63, 3.8) is 0 Å². The summed E-state index contributed by atoms with van der Waals surface area (Å²) in [4.78, 5) is 11.3. The molecule has 1 aromatic rings. The molecule has 1 rings (SSSR count). The van der Waals surface area contributed by atoms with Crippen LogP contribution in [-0.2, 0) is 4.79 Å². The highest BCUT2D eigenvalue weighted by molar-refractivity contribution is 5.95. The molecule has 0 saturated heterocycles. The number of terminal acetylenes is 1. The lowest BCUT2D eigenvalue weighted by molar-refractivity contribution is -0.123. The highest BCUT2D eigenvalue weighted by Crippen LogP contribution is 2.25. The van der Waals surface area contributed by atoms with Gasteiger partial charge in [-0.2, -0.15) is 0 Å². The van der Waals surface area contributed by atoms with Gasteiger partial charge in [0.2, 0.25) is 0 Å². The molecule has 5 heteroatoms. The number of carbonyl (C=O) groups is 1. The van der Waals surface area contributed by atoms with Crippen LogP contribution in [0.4, 0.5) is 10.1 Å². The van der Waals surface area contributed by atoms with Crippen molar-refractivity contribution in [1.29, 1.82) is 0 Å². The molecule has 0 saturated carbocycles. The van der Waals surface area contributed by atoms with Crippen molar-refractivity contribution in [2.75, 3.05) is 11.9 Å². The van der Waals surface area contributed by atoms with Gasteiger partial charge in [0.1, 0.15) is 24.3 Å². The predicted molar refractivity (Wildman–Crippen MR) is 61.0 cm³/mol. The first kappa shape index (κ1) is 13.0. The zero-order chi connectivity index (χ0) is 12.8. The number of rotatable bonds is 4. The molecule has 17 heavy (non-hydrogen) atoms. The summed E-state index contributed by atoms with van der Waals surface area (Å²) in [6.45, 7) is 1.31. The number of ether oxygens (including phenoxy) is 1. The first-order valence-electron chi connectivity index (χ1n) is 4.89. The Hall–Kier alpha value is -2.06. The summed E-state index contributed by atoms with van der Waals surface area (Å²) in [6.07, 6.45) is 3.83. The molecule has 1 aromatic carbocycles. The average Bonchev–Trinajstić information content (AvgIpc) is 2.28. The van der Waals surface area contributed by atoms with Crippen LogP contribution in [0.25, 0.3) is 0 Å². The molecule has 1 amide bonds. The fourth-order valence-electron chi connectivity index (χ4n) is 1.08. The predicted octanol–water partition coefficient (Wildman–Crippen LogP) is 1.16. The van der Waals surface area contributed by atoms with Crippen LogP contribution in [0.3, 0.4) is 0 Å². The van der Waals surface area contributed by atoms with E-state index in [1.54, 1.807) is 0 Å². The third-order valence-corrected chi connectivity index (χ3v) is 1.89. The number of carbonyl (C=O) groups excluding carboxylic acids is 1. The van der Waals surface area contributed by atoms with E-state index >= 15 is 0 Å². The fourth-order valence-corrected chi connectivity index (χ4v) is 1.08. The number of halogens is 1. The van der Waals surface area contributed by atoms with Gasteiger partial charge in [-0.1, -0.05) is 5.92 Å². The van der Waals surface area contributed by atoms with Gasteiger partial charge in [0.25, 0.3) is 5.91 Å². The lowest BCUT2D eigenvalue weighted by Gasteiger charge is -2.12. The number of hydrogen-bond acceptors (Lipinski definition) is 3. The van der Waals surface area contributed by atoms with E-state index in [2.05, 4.69) is 11.2 Å². The third kappa shape index (κ3) is 3.78. The first-order valence-corrected chi connectivity index (χ1v) is 4.89. The van der Waals surface area contributed by atoms with Crippen LogP contribution in [0.15, 0.2) is 18.2 Å². The van der Waals surface area contributed by atoms with E-state index in [1.165, 1.54) is 19.1 Å². The number of nitrogens with one attached hydrogen (secondary N) is 1. The van der Waals surface area contributed by atoms with Gasteiger partial charge < -0.3 is 15.2 Å². The SMILES string of the molecule is C#CCOc1ccc(F)cc1NC(=O)C(C)O. The maximum atomic E-state index is 13.0. The van der Waals surface area contributed by atoms with Crippen LogP contribution in [-0.4, -0.2) is 23.7 Å². The van der Waals surface area contributed by atoms with Crippen molar-refractivity contribution in [3.8, 4) is 18.1 Å². The van der Waals surface area contributed by atoms with Gasteiger partial charge in [-0.05, 0) is 19.1 Å². The molecule has 1 unspecified atom stereocenters. The summed E-state index contributed by atoms with van der Waals surface area (Å²) >= 11 is 0. The molecule has 0 fully saturated rings. The van der Waals surface area contributed by atoms with Crippen molar-refractivity contribution >= 4 is 11.6 Å². The lowest BCUT2D eigenvalue weighted by Crippen LogP contribution is -2.24. The van der Waals surface area contributed by atoms with Crippen molar-refractivity contribution in [2.45, 2.75) is 13.0 Å². The quantitative estimate of drug-likeness (QED) is 0.772. The van der Waals surface area contributed by atoms with Gasteiger partial charge in [-0.15, -0.1) is 6.42 Å². The van der Waals surface area contributed by atoms with E-state index in [-0.39, 0.29) is 18.0 Å². The van der Waals surface area contributed by atoms with Crippen LogP contribution in [0, 0.1) is 18.2 Å². The first-order chi connectivity index (χ1) is 8.04. The van der Waals surface area contributed by atoms with E-state index in [1.807, 2.05) is 0 Å². The minimum atomic E-state index is -1.20. The highest BCUT2D eigenvalue weighted by atomic mass is 19.1. The van der Waals surface area contributed by atoms with Gasteiger partial charge in [0, 0.05) is 6.07 Å². The zero-order valence-electron chi connectivity index (χ0n) is 9.24. The summed E-state index contributed by atoms with van der Waals surface area (Å²) in [6, 6.07) is 3.63. The molecule has 2 N–H and O–H groups in total. The van der Waals surface area contributed by atoms with E-state index in [9.17, 15) is 9.18 Å². The Balaban J connectivity index is 2.91. The van der Waals surface area contributed by atoms with Crippen molar-refractivity contribution in [3.05, 3.63) is 24.0 Å². The molecule has 0 aromatic heterocycles. The Morgan fingerprint density at radius 2 is 2.41 bits per heavy atom. The fraction of sp³-hybridized carbons (Fsp3) is 0.250. The summed E-state index contributed by atoms with van der Waals surface area (Å²) in [5.41, 5.74) is 0.131. The topological polar surface area (TPSA) is 58.6 Å². The molecule has 1 atom stereocenters. The number of amides is 1. The number of hydrogen-bond donors (Lipinski definition) is 2. The van der Waals surface area contributed by atoms with Gasteiger partial charge in [-0.3, -0.25) is 4.79 Å². The van der Waals surface area contributed by atoms with E-state index in [0.29, 0.717) is 0 Å². The maximum absolute atomic E-state index is 13.0. The van der Waals surface area contributed by atoms with Gasteiger partial charge >= 0.3 is 0 Å². The van der Waals surface area contributed by atoms with E-state index in [0.717, 1.165) is 6.07 Å². The average molecular weight is 237 g/mol. The Morgan fingerprint density at radius 3 is 3.00 bits per heavy atom. The molecular formula is C12H12FNO3. The van der Waals surface area contributed by atoms with Crippen LogP contribution in [0.5, 0.6) is 5.75 Å². The molecule has 0 spiro atoms. The number of aliphatic hydroxyl groups excluding tert-OH is 1. The second-order valence-corrected chi connectivity index (χ2v) is 3.30. The zero-order valence-corrected chi connectivity index (χ0v) is 9.24. The summed E-state index contributed by atoms with van der Waals surface area (Å²) in [5.74, 6) is 1.32. The van der Waals surface area contributed by atoms with Crippen molar-refractivity contribution in [2.24, 2.45) is 0 Å². The number of aliphatic hydroxyl groups is 1. The van der Waals surface area contributed by atoms with Crippen LogP contribution in [0.1, 0.15) is 6.92 Å². The number of anilines is 1. The second kappa shape index (κ2) is 5.87. The number of benzene rings is 1. The summed E-state index contributed by atoms with van der Waals surface area (Å²) in [5, 5.41) is 11.4. The summed E-state index contributed by atoms with van der Waals surface area (Å²) < 4.78 is 18.1. The highest BCUT2D eigenvalue weighted by Gasteiger charge is 2.12. The Kier molecular flexibility index (Phi) is 4.49. The minimum Gasteiger partial charge on any atom is -0.479 e. The van der Waals surface area contributed by atoms with E-state index in [4.69, 9.17) is 16.3 Å². The Bertz CT molecular complexity index is 452. The Morgan fingerprint density at radius 1 is 1.71 bits per heavy atom. The molecule has 0 heterocycles. The normalized spacial score (nSPS) is 11.4. The smallest absolute Gasteiger partial charge is 0.253 e. The van der Waals surface area contributed by atoms with Crippen molar-refractivity contribution < 1.29 is 19.0 Å². The Labute approximate surface area is 98.4 Å². The largest absolute Gasteiger partial charge is 0.479 e. The molecule has 0 aliphatic heterocycles. The molecule has 90 valence electrons. The molecule has 0 bridgehead atoms. The van der Waals surface area contributed by atoms with Gasteiger partial charge in [0.15, 0.2) is 0 Å². The van der Waals surface area contributed by atoms with Crippen molar-refractivity contribution in [1.82, 2.24) is 0 Å². The molecule has 0 radical (unpaired) electrons. The lowest BCUT2D eigenvalue weighted by atomic mass is 10.2. The molecule has 4 nitrogen and oxygen atoms in total. The molecule has 0 aliphatic rings. The van der Waals surface area contributed by atoms with E-state index < -0.39 is 17.8 Å². The second-order valence-electron chi connectivity index (χ2n) is 3.30. The van der Waals surface area contributed by atoms with Gasteiger partial charge in [0.05, 0.1) is 5.69 Å². The van der Waals surface area contributed by atoms with Crippen LogP contribution in [0.2, 0.25) is 0 Å². The van der Waals surface area contributed by atoms with Crippen LogP contribution >= 0.6 is 0 Å². The summed E-state index contributed by atoms with van der Waals surface area (Å²) in [7, 11) is 0. The molecular weight excluding hydrogens is 225 g/mol. The standard InChI is InChI=1S/C12H12FNO3/c1-3-6-17-11-5-4-9(13)7-10(11)14-12(16)8(2)15/h1,4-5,7-8,15H,6H2,2H3,(H,14,16). The van der Waals surface area contributed by atoms with Gasteiger partial charge in [-0.25, -0.2) is 4.39 Å². The third-order valence-electron chi connectivity index (χ3n) is 1.89. The monoisotopic (exact) mass is 237 g/mol. The minimum absolute atomic E-state index is 0.00316. The van der Waals surface area contributed by atoms with Crippen LogP contribution < -0.4 is 10.1 Å². The molecule has 0 aliphatic carbocycles. The maximum Gasteiger partial charge on any atom is 0.253 e.